The molecule has 0 saturated heterocycles. The zero-order valence-electron chi connectivity index (χ0n) is 6.97. The van der Waals surface area contributed by atoms with E-state index in [9.17, 15) is 0 Å². The fourth-order valence-corrected chi connectivity index (χ4v) is 1.76. The van der Waals surface area contributed by atoms with E-state index in [-0.39, 0.29) is 0 Å². The zero-order chi connectivity index (χ0) is 8.93. The monoisotopic (exact) mass is 186 g/mol. The molecule has 0 aliphatic heterocycles. The van der Waals surface area contributed by atoms with Crippen LogP contribution < -0.4 is 0 Å². The number of pyridine rings is 1. The molecular formula is C11H8NS. The van der Waals surface area contributed by atoms with Crippen molar-refractivity contribution in [2.75, 3.05) is 0 Å². The Morgan fingerprint density at radius 2 is 1.92 bits per heavy atom. The summed E-state index contributed by atoms with van der Waals surface area (Å²) >= 11 is 1.69. The van der Waals surface area contributed by atoms with Crippen molar-refractivity contribution in [1.29, 1.82) is 0 Å². The van der Waals surface area contributed by atoms with Crippen molar-refractivity contribution in [2.24, 2.45) is 0 Å². The summed E-state index contributed by atoms with van der Waals surface area (Å²) in [5.41, 5.74) is 0. The first-order valence-electron chi connectivity index (χ1n) is 4.00. The SMILES string of the molecule is [c]1ccccc1Sc1ccncc1. The van der Waals surface area contributed by atoms with Crippen molar-refractivity contribution in [2.45, 2.75) is 9.79 Å². The lowest BCUT2D eigenvalue weighted by atomic mass is 10.4. The maximum atomic E-state index is 3.96. The number of hydrogen-bond donors (Lipinski definition) is 0. The summed E-state index contributed by atoms with van der Waals surface area (Å²) in [6, 6.07) is 15.1. The molecule has 0 fully saturated rings. The Labute approximate surface area is 81.8 Å². The van der Waals surface area contributed by atoms with Crippen molar-refractivity contribution < 1.29 is 0 Å². The van der Waals surface area contributed by atoms with Crippen LogP contribution in [0.2, 0.25) is 0 Å². The van der Waals surface area contributed by atoms with Crippen LogP contribution in [0.25, 0.3) is 0 Å². The van der Waals surface area contributed by atoms with E-state index >= 15 is 0 Å². The van der Waals surface area contributed by atoms with Gasteiger partial charge in [-0.1, -0.05) is 30.0 Å². The fraction of sp³-hybridized carbons (Fsp3) is 0. The van der Waals surface area contributed by atoms with Gasteiger partial charge in [0.1, 0.15) is 0 Å². The molecule has 1 aromatic carbocycles. The lowest BCUT2D eigenvalue weighted by molar-refractivity contribution is 1.26. The second-order valence-electron chi connectivity index (χ2n) is 2.51. The molecule has 0 atom stereocenters. The third-order valence-electron chi connectivity index (χ3n) is 1.56. The normalized spacial score (nSPS) is 9.85. The Morgan fingerprint density at radius 3 is 2.62 bits per heavy atom. The molecule has 1 nitrogen and oxygen atoms in total. The van der Waals surface area contributed by atoms with Crippen molar-refractivity contribution in [1.82, 2.24) is 4.98 Å². The van der Waals surface area contributed by atoms with Gasteiger partial charge >= 0.3 is 0 Å². The number of rotatable bonds is 2. The first-order chi connectivity index (χ1) is 6.45. The van der Waals surface area contributed by atoms with E-state index < -0.39 is 0 Å². The molecule has 0 unspecified atom stereocenters. The average molecular weight is 186 g/mol. The largest absolute Gasteiger partial charge is 0.265 e. The summed E-state index contributed by atoms with van der Waals surface area (Å²) in [6.07, 6.45) is 3.59. The number of nitrogens with zero attached hydrogens (tertiary/aromatic N) is 1. The third-order valence-corrected chi connectivity index (χ3v) is 2.54. The highest BCUT2D eigenvalue weighted by molar-refractivity contribution is 7.99. The fourth-order valence-electron chi connectivity index (χ4n) is 0.974. The van der Waals surface area contributed by atoms with Gasteiger partial charge in [-0.05, 0) is 24.3 Å². The predicted octanol–water partition coefficient (Wildman–Crippen LogP) is 3.03. The molecule has 2 aromatic rings. The van der Waals surface area contributed by atoms with E-state index in [2.05, 4.69) is 11.1 Å². The van der Waals surface area contributed by atoms with Crippen LogP contribution in [0, 0.1) is 6.07 Å². The minimum atomic E-state index is 1.13. The molecule has 0 saturated carbocycles. The summed E-state index contributed by atoms with van der Waals surface area (Å²) in [6.45, 7) is 0. The zero-order valence-corrected chi connectivity index (χ0v) is 7.79. The lowest BCUT2D eigenvalue weighted by Crippen LogP contribution is -1.73. The highest BCUT2D eigenvalue weighted by Gasteiger charge is 1.94. The number of hydrogen-bond acceptors (Lipinski definition) is 2. The Hall–Kier alpha value is -1.28. The molecule has 1 radical (unpaired) electrons. The summed E-state index contributed by atoms with van der Waals surface area (Å²) in [5, 5.41) is 0. The van der Waals surface area contributed by atoms with Crippen LogP contribution in [0.5, 0.6) is 0 Å². The van der Waals surface area contributed by atoms with Crippen LogP contribution in [-0.4, -0.2) is 4.98 Å². The molecule has 0 amide bonds. The van der Waals surface area contributed by atoms with E-state index in [0.717, 1.165) is 4.90 Å². The molecule has 1 heterocycles. The first kappa shape index (κ1) is 8.32. The van der Waals surface area contributed by atoms with Crippen molar-refractivity contribution in [3.63, 3.8) is 0 Å². The quantitative estimate of drug-likeness (QED) is 0.715. The van der Waals surface area contributed by atoms with E-state index in [1.807, 2.05) is 36.4 Å². The first-order valence-corrected chi connectivity index (χ1v) is 4.81. The van der Waals surface area contributed by atoms with E-state index in [0.29, 0.717) is 0 Å². The number of benzene rings is 1. The van der Waals surface area contributed by atoms with E-state index in [4.69, 9.17) is 0 Å². The number of aromatic nitrogens is 1. The maximum Gasteiger partial charge on any atom is 0.0279 e. The highest BCUT2D eigenvalue weighted by Crippen LogP contribution is 2.25. The summed E-state index contributed by atoms with van der Waals surface area (Å²) in [4.78, 5) is 6.29. The molecule has 0 N–H and O–H groups in total. The summed E-state index contributed by atoms with van der Waals surface area (Å²) < 4.78 is 0. The standard InChI is InChI=1S/C11H8NS/c1-2-4-10(5-3-1)13-11-6-8-12-9-7-11/h1-4,6-9H. The van der Waals surface area contributed by atoms with Crippen LogP contribution in [0.4, 0.5) is 0 Å². The van der Waals surface area contributed by atoms with Gasteiger partial charge in [0.25, 0.3) is 0 Å². The van der Waals surface area contributed by atoms with Crippen LogP contribution in [0.1, 0.15) is 0 Å². The third kappa shape index (κ3) is 2.33. The molecule has 13 heavy (non-hydrogen) atoms. The summed E-state index contributed by atoms with van der Waals surface area (Å²) in [5.74, 6) is 0. The topological polar surface area (TPSA) is 12.9 Å². The second kappa shape index (κ2) is 4.10. The molecule has 2 heteroatoms. The second-order valence-corrected chi connectivity index (χ2v) is 3.63. The van der Waals surface area contributed by atoms with Gasteiger partial charge in [0, 0.05) is 22.2 Å². The molecule has 0 bridgehead atoms. The predicted molar refractivity (Wildman–Crippen MR) is 53.6 cm³/mol. The van der Waals surface area contributed by atoms with Crippen molar-refractivity contribution in [3.8, 4) is 0 Å². The van der Waals surface area contributed by atoms with Crippen LogP contribution in [0.3, 0.4) is 0 Å². The molecule has 0 aliphatic carbocycles. The van der Waals surface area contributed by atoms with E-state index in [1.165, 1.54) is 4.90 Å². The van der Waals surface area contributed by atoms with E-state index in [1.54, 1.807) is 24.2 Å². The van der Waals surface area contributed by atoms with Gasteiger partial charge in [-0.3, -0.25) is 4.98 Å². The molecule has 0 aliphatic rings. The van der Waals surface area contributed by atoms with Crippen molar-refractivity contribution in [3.05, 3.63) is 54.9 Å². The minimum absolute atomic E-state index is 1.13. The lowest BCUT2D eigenvalue weighted by Gasteiger charge is -1.98. The van der Waals surface area contributed by atoms with Gasteiger partial charge in [-0.2, -0.15) is 0 Å². The molecule has 63 valence electrons. The van der Waals surface area contributed by atoms with Gasteiger partial charge < -0.3 is 0 Å². The minimum Gasteiger partial charge on any atom is -0.265 e. The Kier molecular flexibility index (Phi) is 2.62. The molecular weight excluding hydrogens is 178 g/mol. The highest BCUT2D eigenvalue weighted by atomic mass is 32.2. The van der Waals surface area contributed by atoms with Crippen molar-refractivity contribution >= 4 is 11.8 Å². The summed E-state index contributed by atoms with van der Waals surface area (Å²) in [7, 11) is 0. The Balaban J connectivity index is 2.16. The molecule has 0 spiro atoms. The smallest absolute Gasteiger partial charge is 0.0279 e. The van der Waals surface area contributed by atoms with Crippen LogP contribution in [0.15, 0.2) is 58.6 Å². The maximum absolute atomic E-state index is 3.96. The van der Waals surface area contributed by atoms with Gasteiger partial charge in [0.05, 0.1) is 0 Å². The van der Waals surface area contributed by atoms with Gasteiger partial charge in [-0.25, -0.2) is 0 Å². The van der Waals surface area contributed by atoms with Gasteiger partial charge in [0.15, 0.2) is 0 Å². The van der Waals surface area contributed by atoms with Gasteiger partial charge in [-0.15, -0.1) is 0 Å². The molecule has 2 rings (SSSR count). The van der Waals surface area contributed by atoms with Gasteiger partial charge in [0.2, 0.25) is 0 Å². The Bertz CT molecular complexity index is 321. The van der Waals surface area contributed by atoms with Crippen LogP contribution in [-0.2, 0) is 0 Å². The Morgan fingerprint density at radius 1 is 1.08 bits per heavy atom. The average Bonchev–Trinajstić information content (AvgIpc) is 2.21. The van der Waals surface area contributed by atoms with Crippen LogP contribution >= 0.6 is 11.8 Å². The molecule has 1 aromatic heterocycles.